The molecule has 3 N–H and O–H groups in total. The molecule has 8 heteroatoms. The van der Waals surface area contributed by atoms with Crippen LogP contribution in [0.3, 0.4) is 0 Å². The molecule has 0 atom stereocenters. The van der Waals surface area contributed by atoms with Crippen molar-refractivity contribution in [2.24, 2.45) is 0 Å². The Morgan fingerprint density at radius 3 is 2.46 bits per heavy atom. The monoisotopic (exact) mass is 521 g/mol. The molecule has 1 aromatic heterocycles. The minimum atomic E-state index is -1.10. The zero-order valence-electron chi connectivity index (χ0n) is 20.7. The van der Waals surface area contributed by atoms with Gasteiger partial charge in [-0.05, 0) is 70.1 Å². The van der Waals surface area contributed by atoms with Gasteiger partial charge in [-0.3, -0.25) is 10.1 Å². The van der Waals surface area contributed by atoms with Crippen molar-refractivity contribution in [1.29, 1.82) is 0 Å². The summed E-state index contributed by atoms with van der Waals surface area (Å²) in [5, 5.41) is 25.7. The molecule has 5 rings (SSSR count). The Hall–Kier alpha value is -5.24. The first kappa shape index (κ1) is 25.4. The summed E-state index contributed by atoms with van der Waals surface area (Å²) in [5.41, 5.74) is 4.92. The minimum Gasteiger partial charge on any atom is -0.478 e. The van der Waals surface area contributed by atoms with Crippen LogP contribution in [0.15, 0.2) is 91.0 Å². The zero-order valence-corrected chi connectivity index (χ0v) is 20.7. The van der Waals surface area contributed by atoms with Crippen molar-refractivity contribution < 1.29 is 19.2 Å². The Bertz CT molecular complexity index is 1670. The number of nitrogens with zero attached hydrogens (tertiary/aromatic N) is 1. The van der Waals surface area contributed by atoms with Gasteiger partial charge in [-0.1, -0.05) is 54.6 Å². The number of aromatic carboxylic acids is 1. The van der Waals surface area contributed by atoms with Gasteiger partial charge in [0.05, 0.1) is 10.5 Å². The number of aromatic amines is 1. The second-order valence-corrected chi connectivity index (χ2v) is 9.04. The largest absolute Gasteiger partial charge is 0.478 e. The van der Waals surface area contributed by atoms with E-state index in [2.05, 4.69) is 16.4 Å². The number of para-hydroxylation sites is 1. The molecule has 0 bridgehead atoms. The SMILES string of the molecule is O=C(O)c1ccc(-c2ccc(F)cc2)cc1C=Cc1ccc(NCCc2cc3ccccc3[nH]2)c([N+](=O)[O-])c1. The summed E-state index contributed by atoms with van der Waals surface area (Å²) in [5.74, 6) is -1.46. The van der Waals surface area contributed by atoms with Crippen molar-refractivity contribution in [2.75, 3.05) is 11.9 Å². The van der Waals surface area contributed by atoms with E-state index in [4.69, 9.17) is 0 Å². The molecule has 5 aromatic rings. The Labute approximate surface area is 223 Å². The van der Waals surface area contributed by atoms with Crippen molar-refractivity contribution in [3.05, 3.63) is 129 Å². The Kier molecular flexibility index (Phi) is 7.18. The summed E-state index contributed by atoms with van der Waals surface area (Å²) < 4.78 is 13.3. The number of carboxylic acid groups (broad SMARTS) is 1. The smallest absolute Gasteiger partial charge is 0.336 e. The summed E-state index contributed by atoms with van der Waals surface area (Å²) in [6, 6.07) is 25.6. The maximum absolute atomic E-state index is 13.3. The Morgan fingerprint density at radius 1 is 0.949 bits per heavy atom. The van der Waals surface area contributed by atoms with Crippen LogP contribution in [0, 0.1) is 15.9 Å². The molecular weight excluding hydrogens is 497 g/mol. The van der Waals surface area contributed by atoms with Gasteiger partial charge in [0.1, 0.15) is 11.5 Å². The van der Waals surface area contributed by atoms with Crippen LogP contribution in [-0.4, -0.2) is 27.5 Å². The molecule has 0 aliphatic rings. The van der Waals surface area contributed by atoms with Crippen LogP contribution >= 0.6 is 0 Å². The van der Waals surface area contributed by atoms with E-state index in [9.17, 15) is 24.4 Å². The number of fused-ring (bicyclic) bond motifs is 1. The van der Waals surface area contributed by atoms with Gasteiger partial charge in [-0.2, -0.15) is 0 Å². The van der Waals surface area contributed by atoms with E-state index in [1.807, 2.05) is 24.3 Å². The Morgan fingerprint density at radius 2 is 1.72 bits per heavy atom. The van der Waals surface area contributed by atoms with Gasteiger partial charge in [0.15, 0.2) is 0 Å². The van der Waals surface area contributed by atoms with Gasteiger partial charge in [0.25, 0.3) is 5.69 Å². The number of carboxylic acids is 1. The van der Waals surface area contributed by atoms with Crippen molar-refractivity contribution in [3.63, 3.8) is 0 Å². The average molecular weight is 522 g/mol. The summed E-state index contributed by atoms with van der Waals surface area (Å²) >= 11 is 0. The molecule has 0 aliphatic heterocycles. The lowest BCUT2D eigenvalue weighted by Gasteiger charge is -2.08. The van der Waals surface area contributed by atoms with Gasteiger partial charge < -0.3 is 15.4 Å². The lowest BCUT2D eigenvalue weighted by Crippen LogP contribution is -2.07. The molecule has 194 valence electrons. The minimum absolute atomic E-state index is 0.0766. The third kappa shape index (κ3) is 5.86. The number of H-pyrrole nitrogens is 1. The van der Waals surface area contributed by atoms with Crippen molar-refractivity contribution >= 4 is 40.4 Å². The van der Waals surface area contributed by atoms with Crippen LogP contribution in [-0.2, 0) is 6.42 Å². The molecule has 0 amide bonds. The van der Waals surface area contributed by atoms with Crippen LogP contribution < -0.4 is 5.32 Å². The molecule has 4 aromatic carbocycles. The predicted molar refractivity (Wildman–Crippen MR) is 151 cm³/mol. The Balaban J connectivity index is 1.35. The first-order valence-corrected chi connectivity index (χ1v) is 12.3. The van der Waals surface area contributed by atoms with E-state index in [0.29, 0.717) is 29.8 Å². The third-order valence-electron chi connectivity index (χ3n) is 6.43. The highest BCUT2D eigenvalue weighted by Gasteiger charge is 2.15. The molecule has 0 aliphatic carbocycles. The number of nitrogens with one attached hydrogen (secondary N) is 2. The van der Waals surface area contributed by atoms with E-state index in [0.717, 1.165) is 27.7 Å². The first-order chi connectivity index (χ1) is 18.9. The van der Waals surface area contributed by atoms with E-state index in [1.54, 1.807) is 48.6 Å². The number of hydrogen-bond donors (Lipinski definition) is 3. The fraction of sp³-hybridized carbons (Fsp3) is 0.0645. The molecule has 0 unspecified atom stereocenters. The molecule has 0 saturated carbocycles. The molecular formula is C31H24FN3O4. The summed E-state index contributed by atoms with van der Waals surface area (Å²) in [6.07, 6.45) is 3.91. The molecule has 0 saturated heterocycles. The van der Waals surface area contributed by atoms with E-state index in [-0.39, 0.29) is 17.1 Å². The fourth-order valence-electron chi connectivity index (χ4n) is 4.46. The predicted octanol–water partition coefficient (Wildman–Crippen LogP) is 7.41. The van der Waals surface area contributed by atoms with Crippen LogP contribution in [0.4, 0.5) is 15.8 Å². The maximum atomic E-state index is 13.3. The van der Waals surface area contributed by atoms with Crippen molar-refractivity contribution in [3.8, 4) is 11.1 Å². The number of carbonyl (C=O) groups is 1. The van der Waals surface area contributed by atoms with Crippen LogP contribution in [0.25, 0.3) is 34.2 Å². The van der Waals surface area contributed by atoms with Gasteiger partial charge >= 0.3 is 5.97 Å². The van der Waals surface area contributed by atoms with Gasteiger partial charge in [-0.25, -0.2) is 9.18 Å². The topological polar surface area (TPSA) is 108 Å². The number of benzene rings is 4. The van der Waals surface area contributed by atoms with Crippen LogP contribution in [0.5, 0.6) is 0 Å². The molecule has 0 radical (unpaired) electrons. The number of nitro benzene ring substituents is 1. The average Bonchev–Trinajstić information content (AvgIpc) is 3.35. The second-order valence-electron chi connectivity index (χ2n) is 9.04. The van der Waals surface area contributed by atoms with Gasteiger partial charge in [0.2, 0.25) is 0 Å². The van der Waals surface area contributed by atoms with E-state index >= 15 is 0 Å². The van der Waals surface area contributed by atoms with E-state index in [1.165, 1.54) is 24.3 Å². The highest BCUT2D eigenvalue weighted by Crippen LogP contribution is 2.28. The number of halogens is 1. The van der Waals surface area contributed by atoms with Crippen LogP contribution in [0.2, 0.25) is 0 Å². The van der Waals surface area contributed by atoms with Gasteiger partial charge in [0, 0.05) is 30.2 Å². The standard InChI is InChI=1S/C31H24FN3O4/c32-25-11-8-21(9-12-25)22-10-13-27(31(36)37)23(18-22)7-5-20-6-14-29(30(17-20)35(38)39)33-16-15-26-19-24-3-1-2-4-28(24)34-26/h1-14,17-19,33-34H,15-16H2,(H,36,37). The number of nitro groups is 1. The fourth-order valence-corrected chi connectivity index (χ4v) is 4.46. The number of anilines is 1. The first-order valence-electron chi connectivity index (χ1n) is 12.3. The lowest BCUT2D eigenvalue weighted by atomic mass is 9.98. The van der Waals surface area contributed by atoms with E-state index < -0.39 is 10.9 Å². The number of aromatic nitrogens is 1. The molecule has 7 nitrogen and oxygen atoms in total. The summed E-state index contributed by atoms with van der Waals surface area (Å²) in [6.45, 7) is 0.501. The zero-order chi connectivity index (χ0) is 27.4. The van der Waals surface area contributed by atoms with Gasteiger partial charge in [-0.15, -0.1) is 0 Å². The number of rotatable bonds is 9. The lowest BCUT2D eigenvalue weighted by molar-refractivity contribution is -0.384. The molecule has 0 spiro atoms. The molecule has 39 heavy (non-hydrogen) atoms. The highest BCUT2D eigenvalue weighted by atomic mass is 19.1. The van der Waals surface area contributed by atoms with Crippen molar-refractivity contribution in [1.82, 2.24) is 4.98 Å². The van der Waals surface area contributed by atoms with Crippen LogP contribution in [0.1, 0.15) is 27.2 Å². The second kappa shape index (κ2) is 11.0. The van der Waals surface area contributed by atoms with Crippen molar-refractivity contribution in [2.45, 2.75) is 6.42 Å². The quantitative estimate of drug-likeness (QED) is 0.106. The summed E-state index contributed by atoms with van der Waals surface area (Å²) in [7, 11) is 0. The third-order valence-corrected chi connectivity index (χ3v) is 6.43. The summed E-state index contributed by atoms with van der Waals surface area (Å²) in [4.78, 5) is 26.5. The normalized spacial score (nSPS) is 11.2. The molecule has 1 heterocycles. The maximum Gasteiger partial charge on any atom is 0.336 e. The highest BCUT2D eigenvalue weighted by molar-refractivity contribution is 5.94. The number of hydrogen-bond acceptors (Lipinski definition) is 4. The molecule has 0 fully saturated rings.